The minimum atomic E-state index is -0.197. The minimum absolute atomic E-state index is 0.0552. The number of primary amides is 2. The van der Waals surface area contributed by atoms with Crippen molar-refractivity contribution in [2.24, 2.45) is 16.9 Å². The smallest absolute Gasteiger partial charge is 0.223 e. The minimum Gasteiger partial charge on any atom is -0.370 e. The van der Waals surface area contributed by atoms with Gasteiger partial charge in [0, 0.05) is 11.8 Å². The van der Waals surface area contributed by atoms with Crippen molar-refractivity contribution in [3.05, 3.63) is 0 Å². The molecule has 0 aliphatic heterocycles. The Morgan fingerprint density at radius 3 is 1.58 bits per heavy atom. The molecule has 140 valence electrons. The van der Waals surface area contributed by atoms with Crippen LogP contribution in [0.3, 0.4) is 0 Å². The van der Waals surface area contributed by atoms with Gasteiger partial charge in [0.25, 0.3) is 0 Å². The maximum Gasteiger partial charge on any atom is 0.223 e. The number of hydrogen-bond acceptors (Lipinski definition) is 2. The third kappa shape index (κ3) is 8.70. The van der Waals surface area contributed by atoms with Gasteiger partial charge in [0.05, 0.1) is 0 Å². The van der Waals surface area contributed by atoms with Crippen LogP contribution in [0, 0.1) is 5.41 Å². The van der Waals surface area contributed by atoms with E-state index in [1.165, 1.54) is 64.2 Å². The molecular formula is C20H38N2O2. The average molecular weight is 339 g/mol. The van der Waals surface area contributed by atoms with E-state index in [1.54, 1.807) is 0 Å². The Bertz CT molecular complexity index is 361. The lowest BCUT2D eigenvalue weighted by Crippen LogP contribution is -2.36. The lowest BCUT2D eigenvalue weighted by molar-refractivity contribution is -0.129. The number of amides is 2. The Labute approximate surface area is 148 Å². The van der Waals surface area contributed by atoms with Gasteiger partial charge in [-0.05, 0) is 25.7 Å². The van der Waals surface area contributed by atoms with Gasteiger partial charge in [0.15, 0.2) is 0 Å². The molecule has 0 aromatic carbocycles. The van der Waals surface area contributed by atoms with Crippen LogP contribution >= 0.6 is 0 Å². The van der Waals surface area contributed by atoms with Crippen LogP contribution in [0.1, 0.15) is 109 Å². The number of unbranched alkanes of at least 4 members (excludes halogenated alkanes) is 8. The van der Waals surface area contributed by atoms with E-state index in [1.807, 2.05) is 0 Å². The Kier molecular flexibility index (Phi) is 10.8. The molecule has 0 radical (unpaired) electrons. The van der Waals surface area contributed by atoms with Crippen LogP contribution in [0.2, 0.25) is 0 Å². The topological polar surface area (TPSA) is 86.2 Å². The number of carbonyl (C=O) groups is 2. The van der Waals surface area contributed by atoms with Gasteiger partial charge >= 0.3 is 0 Å². The van der Waals surface area contributed by atoms with Crippen molar-refractivity contribution in [2.75, 3.05) is 0 Å². The van der Waals surface area contributed by atoms with E-state index in [4.69, 9.17) is 11.5 Å². The monoisotopic (exact) mass is 338 g/mol. The first-order valence-corrected chi connectivity index (χ1v) is 10.1. The summed E-state index contributed by atoms with van der Waals surface area (Å²) in [5, 5.41) is 0. The van der Waals surface area contributed by atoms with Crippen molar-refractivity contribution < 1.29 is 9.59 Å². The largest absolute Gasteiger partial charge is 0.370 e. The normalized spacial score (nSPS) is 17.3. The Hall–Kier alpha value is -1.06. The molecule has 0 aromatic heterocycles. The van der Waals surface area contributed by atoms with Gasteiger partial charge in [-0.1, -0.05) is 77.0 Å². The van der Waals surface area contributed by atoms with E-state index < -0.39 is 0 Å². The molecule has 1 rings (SSSR count). The summed E-state index contributed by atoms with van der Waals surface area (Å²) in [6.45, 7) is 0. The highest BCUT2D eigenvalue weighted by atomic mass is 16.1. The van der Waals surface area contributed by atoms with Crippen molar-refractivity contribution in [1.29, 1.82) is 0 Å². The first-order chi connectivity index (χ1) is 11.6. The summed E-state index contributed by atoms with van der Waals surface area (Å²) < 4.78 is 0. The molecule has 4 heteroatoms. The number of carbonyl (C=O) groups excluding carboxylic acids is 2. The standard InChI is InChI=1S/C20H38N2O2/c21-18(23)14-10-6-4-2-1-3-5-7-11-15-20(19(22)24)16-12-8-9-13-17-20/h1-17H2,(H2,21,23)(H2,22,24). The van der Waals surface area contributed by atoms with Gasteiger partial charge in [-0.2, -0.15) is 0 Å². The van der Waals surface area contributed by atoms with Crippen molar-refractivity contribution in [1.82, 2.24) is 0 Å². The van der Waals surface area contributed by atoms with Crippen molar-refractivity contribution in [3.8, 4) is 0 Å². The van der Waals surface area contributed by atoms with Gasteiger partial charge in [-0.25, -0.2) is 0 Å². The first-order valence-electron chi connectivity index (χ1n) is 10.1. The molecule has 0 heterocycles. The molecule has 1 aliphatic carbocycles. The second-order valence-electron chi connectivity index (χ2n) is 7.71. The van der Waals surface area contributed by atoms with Crippen LogP contribution in [0.15, 0.2) is 0 Å². The summed E-state index contributed by atoms with van der Waals surface area (Å²) in [4.78, 5) is 22.6. The molecule has 0 atom stereocenters. The van der Waals surface area contributed by atoms with Gasteiger partial charge < -0.3 is 11.5 Å². The average Bonchev–Trinajstić information content (AvgIpc) is 2.79. The lowest BCUT2D eigenvalue weighted by atomic mass is 9.75. The molecule has 0 bridgehead atoms. The van der Waals surface area contributed by atoms with E-state index in [0.29, 0.717) is 6.42 Å². The molecule has 0 aromatic rings. The molecule has 24 heavy (non-hydrogen) atoms. The quantitative estimate of drug-likeness (QED) is 0.380. The first kappa shape index (κ1) is 21.0. The second-order valence-corrected chi connectivity index (χ2v) is 7.71. The van der Waals surface area contributed by atoms with Crippen LogP contribution in [-0.4, -0.2) is 11.8 Å². The molecule has 4 nitrogen and oxygen atoms in total. The third-order valence-electron chi connectivity index (χ3n) is 5.66. The SMILES string of the molecule is NC(=O)CCCCCCCCCCCC1(C(N)=O)CCCCCC1. The molecule has 0 unspecified atom stereocenters. The van der Waals surface area contributed by atoms with E-state index in [0.717, 1.165) is 38.5 Å². The number of hydrogen-bond donors (Lipinski definition) is 2. The van der Waals surface area contributed by atoms with Crippen molar-refractivity contribution >= 4 is 11.8 Å². The molecule has 0 saturated heterocycles. The van der Waals surface area contributed by atoms with Crippen LogP contribution < -0.4 is 11.5 Å². The zero-order valence-corrected chi connectivity index (χ0v) is 15.5. The molecular weight excluding hydrogens is 300 g/mol. The van der Waals surface area contributed by atoms with Gasteiger partial charge in [0.1, 0.15) is 0 Å². The van der Waals surface area contributed by atoms with Gasteiger partial charge in [-0.15, -0.1) is 0 Å². The van der Waals surface area contributed by atoms with Crippen molar-refractivity contribution in [3.63, 3.8) is 0 Å². The van der Waals surface area contributed by atoms with E-state index in [9.17, 15) is 9.59 Å². The van der Waals surface area contributed by atoms with E-state index in [2.05, 4.69) is 0 Å². The van der Waals surface area contributed by atoms with E-state index in [-0.39, 0.29) is 17.2 Å². The lowest BCUT2D eigenvalue weighted by Gasteiger charge is -2.29. The Balaban J connectivity index is 2.02. The van der Waals surface area contributed by atoms with Crippen molar-refractivity contribution in [2.45, 2.75) is 109 Å². The fraction of sp³-hybridized carbons (Fsp3) is 0.900. The van der Waals surface area contributed by atoms with Crippen LogP contribution in [0.5, 0.6) is 0 Å². The summed E-state index contributed by atoms with van der Waals surface area (Å²) in [5.74, 6) is -0.238. The molecule has 4 N–H and O–H groups in total. The second kappa shape index (κ2) is 12.3. The maximum atomic E-state index is 12.0. The summed E-state index contributed by atoms with van der Waals surface area (Å²) in [6.07, 6.45) is 19.1. The predicted octanol–water partition coefficient (Wildman–Crippen LogP) is 4.59. The van der Waals surface area contributed by atoms with E-state index >= 15 is 0 Å². The molecule has 1 fully saturated rings. The molecule has 0 spiro atoms. The fourth-order valence-electron chi connectivity index (χ4n) is 4.02. The van der Waals surface area contributed by atoms with Gasteiger partial charge in [-0.3, -0.25) is 9.59 Å². The maximum absolute atomic E-state index is 12.0. The molecule has 2 amide bonds. The van der Waals surface area contributed by atoms with Gasteiger partial charge in [0.2, 0.25) is 11.8 Å². The fourth-order valence-corrected chi connectivity index (χ4v) is 4.02. The zero-order valence-electron chi connectivity index (χ0n) is 15.5. The molecule has 1 aliphatic rings. The molecule has 1 saturated carbocycles. The van der Waals surface area contributed by atoms with Crippen LogP contribution in [0.4, 0.5) is 0 Å². The summed E-state index contributed by atoms with van der Waals surface area (Å²) in [6, 6.07) is 0. The number of rotatable bonds is 13. The zero-order chi connectivity index (χ0) is 17.7. The third-order valence-corrected chi connectivity index (χ3v) is 5.66. The van der Waals surface area contributed by atoms with Crippen LogP contribution in [0.25, 0.3) is 0 Å². The summed E-state index contributed by atoms with van der Waals surface area (Å²) in [5.41, 5.74) is 10.7. The Morgan fingerprint density at radius 2 is 1.12 bits per heavy atom. The highest BCUT2D eigenvalue weighted by molar-refractivity contribution is 5.80. The Morgan fingerprint density at radius 1 is 0.667 bits per heavy atom. The van der Waals surface area contributed by atoms with Crippen LogP contribution in [-0.2, 0) is 9.59 Å². The predicted molar refractivity (Wildman–Crippen MR) is 99.3 cm³/mol. The highest BCUT2D eigenvalue weighted by Gasteiger charge is 2.35. The summed E-state index contributed by atoms with van der Waals surface area (Å²) in [7, 11) is 0. The highest BCUT2D eigenvalue weighted by Crippen LogP contribution is 2.39. The summed E-state index contributed by atoms with van der Waals surface area (Å²) >= 11 is 0. The number of nitrogens with two attached hydrogens (primary N) is 2.